The lowest BCUT2D eigenvalue weighted by atomic mass is 10.1. The molecule has 0 bridgehead atoms. The maximum absolute atomic E-state index is 12.7. The van der Waals surface area contributed by atoms with E-state index in [9.17, 15) is 14.3 Å². The highest BCUT2D eigenvalue weighted by Gasteiger charge is 2.11. The second-order valence-electron chi connectivity index (χ2n) is 3.93. The van der Waals surface area contributed by atoms with Gasteiger partial charge in [0.2, 0.25) is 0 Å². The first-order valence-electron chi connectivity index (χ1n) is 5.37. The first-order chi connectivity index (χ1) is 7.99. The number of carboxylic acid groups (broad SMARTS) is 1. The molecule has 4 nitrogen and oxygen atoms in total. The Bertz CT molecular complexity index is 367. The standard InChI is InChI=1S/C12H16FNO3/c1-8(9-2-4-10(13)5-3-9)14-7-11(15)6-12(16)17/h2-5,8,11,14-15H,6-7H2,1H3,(H,16,17)/t8-,11?/m1/s1. The molecule has 94 valence electrons. The molecule has 0 amide bonds. The topological polar surface area (TPSA) is 69.6 Å². The van der Waals surface area contributed by atoms with Crippen molar-refractivity contribution in [2.75, 3.05) is 6.54 Å². The largest absolute Gasteiger partial charge is 0.481 e. The Hall–Kier alpha value is -1.46. The third-order valence-corrected chi connectivity index (χ3v) is 2.44. The van der Waals surface area contributed by atoms with Gasteiger partial charge < -0.3 is 15.5 Å². The van der Waals surface area contributed by atoms with Gasteiger partial charge in [0.25, 0.3) is 0 Å². The number of carboxylic acids is 1. The Morgan fingerprint density at radius 2 is 2.00 bits per heavy atom. The summed E-state index contributed by atoms with van der Waals surface area (Å²) in [6.07, 6.45) is -1.21. The predicted octanol–water partition coefficient (Wildman–Crippen LogP) is 1.31. The van der Waals surface area contributed by atoms with Gasteiger partial charge in [0.1, 0.15) is 5.82 Å². The van der Waals surface area contributed by atoms with Crippen molar-refractivity contribution >= 4 is 5.97 Å². The highest BCUT2D eigenvalue weighted by molar-refractivity contribution is 5.67. The van der Waals surface area contributed by atoms with Crippen LogP contribution in [0.5, 0.6) is 0 Å². The molecule has 0 aliphatic rings. The van der Waals surface area contributed by atoms with Gasteiger partial charge in [-0.2, -0.15) is 0 Å². The SMILES string of the molecule is C[C@@H](NCC(O)CC(=O)O)c1ccc(F)cc1. The van der Waals surface area contributed by atoms with E-state index in [1.807, 2.05) is 6.92 Å². The number of benzene rings is 1. The van der Waals surface area contributed by atoms with E-state index in [0.29, 0.717) is 0 Å². The summed E-state index contributed by atoms with van der Waals surface area (Å²) in [5.74, 6) is -1.33. The lowest BCUT2D eigenvalue weighted by molar-refractivity contribution is -0.139. The van der Waals surface area contributed by atoms with Crippen molar-refractivity contribution in [1.82, 2.24) is 5.32 Å². The van der Waals surface area contributed by atoms with Crippen molar-refractivity contribution in [3.8, 4) is 0 Å². The van der Waals surface area contributed by atoms with Crippen LogP contribution in [-0.2, 0) is 4.79 Å². The van der Waals surface area contributed by atoms with Crippen LogP contribution in [0.2, 0.25) is 0 Å². The summed E-state index contributed by atoms with van der Waals surface area (Å²) in [7, 11) is 0. The van der Waals surface area contributed by atoms with E-state index in [2.05, 4.69) is 5.32 Å². The van der Waals surface area contributed by atoms with E-state index in [-0.39, 0.29) is 24.8 Å². The fourth-order valence-corrected chi connectivity index (χ4v) is 1.46. The Morgan fingerprint density at radius 3 is 2.53 bits per heavy atom. The maximum Gasteiger partial charge on any atom is 0.306 e. The quantitative estimate of drug-likeness (QED) is 0.702. The van der Waals surface area contributed by atoms with Gasteiger partial charge in [0, 0.05) is 12.6 Å². The lowest BCUT2D eigenvalue weighted by Gasteiger charge is -2.16. The van der Waals surface area contributed by atoms with Gasteiger partial charge in [0.05, 0.1) is 12.5 Å². The number of halogens is 1. The van der Waals surface area contributed by atoms with Crippen LogP contribution >= 0.6 is 0 Å². The van der Waals surface area contributed by atoms with E-state index in [4.69, 9.17) is 5.11 Å². The third kappa shape index (κ3) is 4.93. The zero-order chi connectivity index (χ0) is 12.8. The molecule has 0 fully saturated rings. The molecule has 5 heteroatoms. The Balaban J connectivity index is 2.41. The molecular formula is C12H16FNO3. The van der Waals surface area contributed by atoms with Crippen molar-refractivity contribution in [2.24, 2.45) is 0 Å². The van der Waals surface area contributed by atoms with E-state index < -0.39 is 12.1 Å². The molecular weight excluding hydrogens is 225 g/mol. The minimum Gasteiger partial charge on any atom is -0.481 e. The van der Waals surface area contributed by atoms with Gasteiger partial charge in [-0.1, -0.05) is 12.1 Å². The average Bonchev–Trinajstić information content (AvgIpc) is 2.26. The van der Waals surface area contributed by atoms with Crippen LogP contribution in [0, 0.1) is 5.82 Å². The fraction of sp³-hybridized carbons (Fsp3) is 0.417. The van der Waals surface area contributed by atoms with Crippen LogP contribution in [0.4, 0.5) is 4.39 Å². The van der Waals surface area contributed by atoms with E-state index in [0.717, 1.165) is 5.56 Å². The highest BCUT2D eigenvalue weighted by atomic mass is 19.1. The van der Waals surface area contributed by atoms with Gasteiger partial charge in [-0.3, -0.25) is 4.79 Å². The van der Waals surface area contributed by atoms with E-state index in [1.54, 1.807) is 12.1 Å². The van der Waals surface area contributed by atoms with Crippen LogP contribution in [0.15, 0.2) is 24.3 Å². The van der Waals surface area contributed by atoms with Gasteiger partial charge in [-0.15, -0.1) is 0 Å². The van der Waals surface area contributed by atoms with Crippen LogP contribution in [-0.4, -0.2) is 28.8 Å². The molecule has 0 aliphatic carbocycles. The number of hydrogen-bond acceptors (Lipinski definition) is 3. The molecule has 3 N–H and O–H groups in total. The number of nitrogens with one attached hydrogen (secondary N) is 1. The Labute approximate surface area is 99.1 Å². The molecule has 17 heavy (non-hydrogen) atoms. The Morgan fingerprint density at radius 1 is 1.41 bits per heavy atom. The van der Waals surface area contributed by atoms with Crippen LogP contribution in [0.25, 0.3) is 0 Å². The molecule has 0 spiro atoms. The molecule has 0 saturated carbocycles. The van der Waals surface area contributed by atoms with Crippen molar-refractivity contribution in [3.63, 3.8) is 0 Å². The van der Waals surface area contributed by atoms with E-state index in [1.165, 1.54) is 12.1 Å². The second-order valence-corrected chi connectivity index (χ2v) is 3.93. The summed E-state index contributed by atoms with van der Waals surface area (Å²) in [4.78, 5) is 10.3. The van der Waals surface area contributed by atoms with Gasteiger partial charge in [-0.25, -0.2) is 4.39 Å². The van der Waals surface area contributed by atoms with Crippen molar-refractivity contribution in [1.29, 1.82) is 0 Å². The molecule has 0 aliphatic heterocycles. The minimum atomic E-state index is -1.03. The Kier molecular flexibility index (Phi) is 5.06. The molecule has 0 radical (unpaired) electrons. The molecule has 1 rings (SSSR count). The molecule has 1 aromatic carbocycles. The summed E-state index contributed by atoms with van der Waals surface area (Å²) in [5, 5.41) is 20.8. The van der Waals surface area contributed by atoms with Crippen molar-refractivity contribution < 1.29 is 19.4 Å². The van der Waals surface area contributed by atoms with E-state index >= 15 is 0 Å². The maximum atomic E-state index is 12.7. The third-order valence-electron chi connectivity index (χ3n) is 2.44. The van der Waals surface area contributed by atoms with Crippen molar-refractivity contribution in [3.05, 3.63) is 35.6 Å². The second kappa shape index (κ2) is 6.32. The zero-order valence-corrected chi connectivity index (χ0v) is 9.56. The first-order valence-corrected chi connectivity index (χ1v) is 5.37. The lowest BCUT2D eigenvalue weighted by Crippen LogP contribution is -2.30. The van der Waals surface area contributed by atoms with Crippen LogP contribution in [0.3, 0.4) is 0 Å². The highest BCUT2D eigenvalue weighted by Crippen LogP contribution is 2.12. The zero-order valence-electron chi connectivity index (χ0n) is 9.56. The molecule has 1 aromatic rings. The predicted molar refractivity (Wildman–Crippen MR) is 61.1 cm³/mol. The average molecular weight is 241 g/mol. The number of aliphatic hydroxyl groups is 1. The van der Waals surface area contributed by atoms with Gasteiger partial charge in [-0.05, 0) is 24.6 Å². The number of aliphatic carboxylic acids is 1. The molecule has 0 aromatic heterocycles. The number of hydrogen-bond donors (Lipinski definition) is 3. The number of rotatable bonds is 6. The first kappa shape index (κ1) is 13.6. The molecule has 2 atom stereocenters. The molecule has 0 heterocycles. The van der Waals surface area contributed by atoms with Crippen molar-refractivity contribution in [2.45, 2.75) is 25.5 Å². The monoisotopic (exact) mass is 241 g/mol. The minimum absolute atomic E-state index is 0.0703. The summed E-state index contributed by atoms with van der Waals surface area (Å²) in [6, 6.07) is 5.95. The van der Waals surface area contributed by atoms with Gasteiger partial charge >= 0.3 is 5.97 Å². The number of carbonyl (C=O) groups is 1. The normalized spacial score (nSPS) is 14.3. The van der Waals surface area contributed by atoms with Gasteiger partial charge in [0.15, 0.2) is 0 Å². The van der Waals surface area contributed by atoms with Crippen LogP contribution in [0.1, 0.15) is 24.9 Å². The summed E-state index contributed by atoms with van der Waals surface area (Å²) >= 11 is 0. The molecule has 1 unspecified atom stereocenters. The fourth-order valence-electron chi connectivity index (χ4n) is 1.46. The molecule has 0 saturated heterocycles. The van der Waals surface area contributed by atoms with Crippen LogP contribution < -0.4 is 5.32 Å². The smallest absolute Gasteiger partial charge is 0.306 e. The summed E-state index contributed by atoms with van der Waals surface area (Å²) < 4.78 is 12.7. The summed E-state index contributed by atoms with van der Waals surface area (Å²) in [5.41, 5.74) is 0.883. The number of aliphatic hydroxyl groups excluding tert-OH is 1. The summed E-state index contributed by atoms with van der Waals surface area (Å²) in [6.45, 7) is 2.05.